The first-order valence-corrected chi connectivity index (χ1v) is 6.50. The summed E-state index contributed by atoms with van der Waals surface area (Å²) in [6.45, 7) is 2.21. The van der Waals surface area contributed by atoms with Crippen LogP contribution < -0.4 is 22.3 Å². The highest BCUT2D eigenvalue weighted by atomic mass is 16.5. The zero-order valence-electron chi connectivity index (χ0n) is 11.2. The number of H-pyrrole nitrogens is 1. The quantitative estimate of drug-likeness (QED) is 0.719. The van der Waals surface area contributed by atoms with E-state index in [4.69, 9.17) is 10.5 Å². The van der Waals surface area contributed by atoms with Gasteiger partial charge in [-0.15, -0.1) is 0 Å². The fourth-order valence-electron chi connectivity index (χ4n) is 2.60. The SMILES string of the molecule is CCn1c(N)c(NC2CCCC2OC)c(=O)[nH]c1=O. The fourth-order valence-corrected chi connectivity index (χ4v) is 2.60. The Hall–Kier alpha value is -1.76. The molecule has 0 bridgehead atoms. The third kappa shape index (κ3) is 2.51. The molecule has 1 fully saturated rings. The summed E-state index contributed by atoms with van der Waals surface area (Å²) in [5.74, 6) is 0.179. The zero-order valence-corrected chi connectivity index (χ0v) is 11.2. The van der Waals surface area contributed by atoms with Gasteiger partial charge >= 0.3 is 5.69 Å². The van der Waals surface area contributed by atoms with Gasteiger partial charge in [-0.3, -0.25) is 14.3 Å². The molecule has 1 aliphatic carbocycles. The number of hydrogen-bond donors (Lipinski definition) is 3. The molecule has 2 rings (SSSR count). The van der Waals surface area contributed by atoms with E-state index in [-0.39, 0.29) is 23.7 Å². The number of nitrogens with one attached hydrogen (secondary N) is 2. The van der Waals surface area contributed by atoms with Gasteiger partial charge in [0.1, 0.15) is 11.5 Å². The van der Waals surface area contributed by atoms with Crippen molar-refractivity contribution in [3.8, 4) is 0 Å². The summed E-state index contributed by atoms with van der Waals surface area (Å²) in [4.78, 5) is 25.7. The Kier molecular flexibility index (Phi) is 3.94. The number of nitrogen functional groups attached to an aromatic ring is 1. The van der Waals surface area contributed by atoms with Crippen LogP contribution >= 0.6 is 0 Å². The van der Waals surface area contributed by atoms with Crippen molar-refractivity contribution < 1.29 is 4.74 Å². The molecule has 19 heavy (non-hydrogen) atoms. The highest BCUT2D eigenvalue weighted by Gasteiger charge is 2.28. The molecule has 0 spiro atoms. The van der Waals surface area contributed by atoms with Crippen LogP contribution in [0.5, 0.6) is 0 Å². The molecule has 106 valence electrons. The van der Waals surface area contributed by atoms with Crippen molar-refractivity contribution in [2.45, 2.75) is 44.9 Å². The van der Waals surface area contributed by atoms with Crippen LogP contribution in [0.15, 0.2) is 9.59 Å². The minimum atomic E-state index is -0.481. The molecule has 0 radical (unpaired) electrons. The maximum absolute atomic E-state index is 11.9. The molecule has 7 heteroatoms. The van der Waals surface area contributed by atoms with Gasteiger partial charge in [-0.25, -0.2) is 4.79 Å². The normalized spacial score (nSPS) is 22.6. The molecule has 4 N–H and O–H groups in total. The van der Waals surface area contributed by atoms with Gasteiger partial charge in [0.2, 0.25) is 0 Å². The summed E-state index contributed by atoms with van der Waals surface area (Å²) in [7, 11) is 1.66. The molecule has 0 aromatic carbocycles. The third-order valence-corrected chi connectivity index (χ3v) is 3.64. The number of nitrogens with zero attached hydrogens (tertiary/aromatic N) is 1. The summed E-state index contributed by atoms with van der Waals surface area (Å²) in [6, 6.07) is 0.0520. The second-order valence-electron chi connectivity index (χ2n) is 4.72. The molecule has 7 nitrogen and oxygen atoms in total. The van der Waals surface area contributed by atoms with E-state index >= 15 is 0 Å². The molecule has 1 aliphatic rings. The Morgan fingerprint density at radius 3 is 2.84 bits per heavy atom. The molecule has 1 aromatic heterocycles. The van der Waals surface area contributed by atoms with E-state index < -0.39 is 11.2 Å². The van der Waals surface area contributed by atoms with Crippen LogP contribution in [0.25, 0.3) is 0 Å². The van der Waals surface area contributed by atoms with E-state index in [9.17, 15) is 9.59 Å². The first kappa shape index (κ1) is 13.7. The lowest BCUT2D eigenvalue weighted by molar-refractivity contribution is 0.101. The lowest BCUT2D eigenvalue weighted by Crippen LogP contribution is -2.38. The second-order valence-corrected chi connectivity index (χ2v) is 4.72. The minimum Gasteiger partial charge on any atom is -0.383 e. The molecule has 1 heterocycles. The number of ether oxygens (including phenoxy) is 1. The van der Waals surface area contributed by atoms with Crippen LogP contribution in [0.2, 0.25) is 0 Å². The number of nitrogens with two attached hydrogens (primary N) is 1. The summed E-state index contributed by atoms with van der Waals surface area (Å²) in [5, 5.41) is 3.13. The van der Waals surface area contributed by atoms with Crippen molar-refractivity contribution in [2.24, 2.45) is 0 Å². The highest BCUT2D eigenvalue weighted by molar-refractivity contribution is 5.61. The fraction of sp³-hybridized carbons (Fsp3) is 0.667. The Morgan fingerprint density at radius 1 is 1.47 bits per heavy atom. The number of methoxy groups -OCH3 is 1. The van der Waals surface area contributed by atoms with Crippen LogP contribution in [-0.2, 0) is 11.3 Å². The van der Waals surface area contributed by atoms with E-state index in [1.165, 1.54) is 4.57 Å². The summed E-state index contributed by atoms with van der Waals surface area (Å²) < 4.78 is 6.71. The number of hydrogen-bond acceptors (Lipinski definition) is 5. The average molecular weight is 268 g/mol. The van der Waals surface area contributed by atoms with E-state index in [1.54, 1.807) is 14.0 Å². The molecule has 1 aromatic rings. The number of aromatic amines is 1. The largest absolute Gasteiger partial charge is 0.383 e. The molecule has 0 saturated heterocycles. The lowest BCUT2D eigenvalue weighted by atomic mass is 10.2. The molecule has 1 saturated carbocycles. The Bertz CT molecular complexity index is 563. The predicted molar refractivity (Wildman–Crippen MR) is 73.5 cm³/mol. The van der Waals surface area contributed by atoms with Crippen LogP contribution in [0, 0.1) is 0 Å². The molecule has 2 atom stereocenters. The maximum Gasteiger partial charge on any atom is 0.330 e. The topological polar surface area (TPSA) is 102 Å². The van der Waals surface area contributed by atoms with E-state index in [0.29, 0.717) is 6.54 Å². The first-order valence-electron chi connectivity index (χ1n) is 6.50. The summed E-state index contributed by atoms with van der Waals surface area (Å²) in [5.41, 5.74) is 5.20. The number of aromatic nitrogens is 2. The second kappa shape index (κ2) is 5.48. The monoisotopic (exact) mass is 268 g/mol. The van der Waals surface area contributed by atoms with Gasteiger partial charge in [0.25, 0.3) is 5.56 Å². The van der Waals surface area contributed by atoms with Crippen molar-refractivity contribution in [2.75, 3.05) is 18.2 Å². The van der Waals surface area contributed by atoms with Gasteiger partial charge in [0.05, 0.1) is 12.1 Å². The van der Waals surface area contributed by atoms with Crippen LogP contribution in [-0.4, -0.2) is 28.8 Å². The van der Waals surface area contributed by atoms with Gasteiger partial charge in [0.15, 0.2) is 0 Å². The van der Waals surface area contributed by atoms with Gasteiger partial charge < -0.3 is 15.8 Å². The van der Waals surface area contributed by atoms with Crippen molar-refractivity contribution in [3.63, 3.8) is 0 Å². The van der Waals surface area contributed by atoms with E-state index in [1.807, 2.05) is 0 Å². The summed E-state index contributed by atoms with van der Waals surface area (Å²) in [6.07, 6.45) is 2.99. The zero-order chi connectivity index (χ0) is 14.0. The standard InChI is InChI=1S/C12H20N4O3/c1-3-16-10(13)9(11(17)15-12(16)18)14-7-5-4-6-8(7)19-2/h7-8,14H,3-6,13H2,1-2H3,(H,15,17,18). The number of anilines is 2. The molecular weight excluding hydrogens is 248 g/mol. The first-order chi connectivity index (χ1) is 9.08. The van der Waals surface area contributed by atoms with Gasteiger partial charge in [-0.2, -0.15) is 0 Å². The van der Waals surface area contributed by atoms with Crippen molar-refractivity contribution in [1.82, 2.24) is 9.55 Å². The predicted octanol–water partition coefficient (Wildman–Crippen LogP) is 0.118. The maximum atomic E-state index is 11.9. The lowest BCUT2D eigenvalue weighted by Gasteiger charge is -2.21. The van der Waals surface area contributed by atoms with Crippen molar-refractivity contribution in [1.29, 1.82) is 0 Å². The number of rotatable bonds is 4. The van der Waals surface area contributed by atoms with Gasteiger partial charge in [0, 0.05) is 13.7 Å². The molecule has 2 unspecified atom stereocenters. The van der Waals surface area contributed by atoms with Crippen molar-refractivity contribution >= 4 is 11.5 Å². The Labute approximate surface area is 110 Å². The van der Waals surface area contributed by atoms with Crippen LogP contribution in [0.4, 0.5) is 11.5 Å². The van der Waals surface area contributed by atoms with Crippen LogP contribution in [0.1, 0.15) is 26.2 Å². The molecule has 0 aliphatic heterocycles. The van der Waals surface area contributed by atoms with Crippen LogP contribution in [0.3, 0.4) is 0 Å². The van der Waals surface area contributed by atoms with Gasteiger partial charge in [-0.05, 0) is 26.2 Å². The third-order valence-electron chi connectivity index (χ3n) is 3.64. The average Bonchev–Trinajstić information content (AvgIpc) is 2.82. The highest BCUT2D eigenvalue weighted by Crippen LogP contribution is 2.25. The van der Waals surface area contributed by atoms with E-state index in [2.05, 4.69) is 10.3 Å². The van der Waals surface area contributed by atoms with Gasteiger partial charge in [-0.1, -0.05) is 0 Å². The van der Waals surface area contributed by atoms with E-state index in [0.717, 1.165) is 19.3 Å². The molecule has 0 amide bonds. The smallest absolute Gasteiger partial charge is 0.330 e. The molecular formula is C12H20N4O3. The summed E-state index contributed by atoms with van der Waals surface area (Å²) >= 11 is 0. The Balaban J connectivity index is 2.35. The minimum absolute atomic E-state index is 0.0520. The van der Waals surface area contributed by atoms with Crippen molar-refractivity contribution in [3.05, 3.63) is 20.8 Å². The Morgan fingerprint density at radius 2 is 2.21 bits per heavy atom.